The van der Waals surface area contributed by atoms with Gasteiger partial charge in [-0.1, -0.05) is 60.1 Å². The lowest BCUT2D eigenvalue weighted by molar-refractivity contribution is -0.122. The first kappa shape index (κ1) is 18.3. The van der Waals surface area contributed by atoms with Crippen molar-refractivity contribution in [1.29, 1.82) is 0 Å². The highest BCUT2D eigenvalue weighted by atomic mass is 35.5. The highest BCUT2D eigenvalue weighted by Gasteiger charge is 2.61. The molecule has 3 aliphatic carbocycles. The monoisotopic (exact) mass is 429 g/mol. The van der Waals surface area contributed by atoms with Gasteiger partial charge < -0.3 is 5.11 Å². The van der Waals surface area contributed by atoms with E-state index in [1.54, 1.807) is 0 Å². The van der Waals surface area contributed by atoms with E-state index < -0.39 is 17.8 Å². The van der Waals surface area contributed by atoms with Gasteiger partial charge in [0.15, 0.2) is 0 Å². The number of rotatable bonds is 2. The molecule has 0 aromatic heterocycles. The van der Waals surface area contributed by atoms with Crippen molar-refractivity contribution < 1.29 is 19.5 Å². The summed E-state index contributed by atoms with van der Waals surface area (Å²) in [7, 11) is 0. The third-order valence-corrected chi connectivity index (χ3v) is 7.22. The first-order valence-electron chi connectivity index (χ1n) is 10.1. The summed E-state index contributed by atoms with van der Waals surface area (Å²) in [6.45, 7) is 0. The number of hydrogen-bond donors (Lipinski definition) is 1. The second-order valence-electron chi connectivity index (χ2n) is 8.25. The fourth-order valence-electron chi connectivity index (χ4n) is 5.75. The predicted octanol–water partition coefficient (Wildman–Crippen LogP) is 4.43. The first-order valence-corrected chi connectivity index (χ1v) is 10.4. The lowest BCUT2D eigenvalue weighted by Gasteiger charge is -2.45. The Morgan fingerprint density at radius 3 is 1.65 bits per heavy atom. The van der Waals surface area contributed by atoms with Gasteiger partial charge in [-0.05, 0) is 40.5 Å². The molecule has 1 aliphatic heterocycles. The molecular weight excluding hydrogens is 414 g/mol. The van der Waals surface area contributed by atoms with Crippen molar-refractivity contribution in [3.63, 3.8) is 0 Å². The van der Waals surface area contributed by atoms with Crippen molar-refractivity contribution in [3.05, 3.63) is 99.6 Å². The van der Waals surface area contributed by atoms with Crippen molar-refractivity contribution in [2.24, 2.45) is 11.8 Å². The summed E-state index contributed by atoms with van der Waals surface area (Å²) in [6, 6.07) is 20.3. The molecular formula is C25H16ClNO4. The highest BCUT2D eigenvalue weighted by molar-refractivity contribution is 6.34. The van der Waals surface area contributed by atoms with Gasteiger partial charge in [-0.3, -0.25) is 9.59 Å². The van der Waals surface area contributed by atoms with E-state index >= 15 is 0 Å². The SMILES string of the molecule is O=C(O)c1cc(N2C(=O)[C@@H]3C4c5ccccc5C(c5ccccc54)[C@H]3C2=O)ccc1Cl. The topological polar surface area (TPSA) is 74.7 Å². The Kier molecular flexibility index (Phi) is 3.72. The van der Waals surface area contributed by atoms with Gasteiger partial charge in [-0.25, -0.2) is 9.69 Å². The van der Waals surface area contributed by atoms with Crippen LogP contribution in [0.1, 0.15) is 44.4 Å². The summed E-state index contributed by atoms with van der Waals surface area (Å²) >= 11 is 6.00. The number of nitrogens with zero attached hydrogens (tertiary/aromatic N) is 1. The van der Waals surface area contributed by atoms with Crippen molar-refractivity contribution in [1.82, 2.24) is 0 Å². The van der Waals surface area contributed by atoms with Crippen LogP contribution in [0.25, 0.3) is 0 Å². The molecule has 3 aromatic carbocycles. The Labute approximate surface area is 182 Å². The van der Waals surface area contributed by atoms with Gasteiger partial charge in [-0.15, -0.1) is 0 Å². The van der Waals surface area contributed by atoms with Crippen LogP contribution in [0.5, 0.6) is 0 Å². The normalized spacial score (nSPS) is 25.3. The Hall–Kier alpha value is -3.44. The molecule has 7 rings (SSSR count). The van der Waals surface area contributed by atoms with E-state index in [9.17, 15) is 19.5 Å². The molecule has 2 atom stereocenters. The van der Waals surface area contributed by atoms with Crippen LogP contribution in [0.2, 0.25) is 5.02 Å². The molecule has 1 saturated heterocycles. The zero-order chi connectivity index (χ0) is 21.4. The van der Waals surface area contributed by atoms with Crippen LogP contribution in [0.3, 0.4) is 0 Å². The van der Waals surface area contributed by atoms with Crippen molar-refractivity contribution in [2.75, 3.05) is 4.90 Å². The Morgan fingerprint density at radius 2 is 1.23 bits per heavy atom. The van der Waals surface area contributed by atoms with E-state index in [0.29, 0.717) is 0 Å². The van der Waals surface area contributed by atoms with Crippen LogP contribution in [-0.2, 0) is 9.59 Å². The summed E-state index contributed by atoms with van der Waals surface area (Å²) in [5, 5.41) is 9.49. The van der Waals surface area contributed by atoms with E-state index in [2.05, 4.69) is 0 Å². The minimum absolute atomic E-state index is 0.0626. The highest BCUT2D eigenvalue weighted by Crippen LogP contribution is 2.61. The first-order chi connectivity index (χ1) is 15.0. The summed E-state index contributed by atoms with van der Waals surface area (Å²) in [6.07, 6.45) is 0. The van der Waals surface area contributed by atoms with Crippen molar-refractivity contribution in [3.8, 4) is 0 Å². The van der Waals surface area contributed by atoms with Gasteiger partial charge in [0.1, 0.15) is 0 Å². The molecule has 1 heterocycles. The van der Waals surface area contributed by atoms with Gasteiger partial charge >= 0.3 is 5.97 Å². The molecule has 0 spiro atoms. The second-order valence-corrected chi connectivity index (χ2v) is 8.65. The number of carboxylic acid groups (broad SMARTS) is 1. The molecule has 3 aromatic rings. The van der Waals surface area contributed by atoms with Crippen molar-refractivity contribution in [2.45, 2.75) is 11.8 Å². The quantitative estimate of drug-likeness (QED) is 0.611. The third kappa shape index (κ3) is 2.29. The van der Waals surface area contributed by atoms with Crippen LogP contribution in [0, 0.1) is 11.8 Å². The maximum absolute atomic E-state index is 13.7. The van der Waals surface area contributed by atoms with Gasteiger partial charge in [0, 0.05) is 11.8 Å². The number of anilines is 1. The number of hydrogen-bond acceptors (Lipinski definition) is 3. The summed E-state index contributed by atoms with van der Waals surface area (Å²) in [5.74, 6) is -3.19. The number of carboxylic acids is 1. The average Bonchev–Trinajstić information content (AvgIpc) is 3.05. The van der Waals surface area contributed by atoms with Gasteiger partial charge in [-0.2, -0.15) is 0 Å². The molecule has 1 N–H and O–H groups in total. The Morgan fingerprint density at radius 1 is 0.774 bits per heavy atom. The van der Waals surface area contributed by atoms with Crippen LogP contribution < -0.4 is 4.90 Å². The van der Waals surface area contributed by atoms with E-state index in [1.165, 1.54) is 18.2 Å². The van der Waals surface area contributed by atoms with Gasteiger partial charge in [0.25, 0.3) is 0 Å². The number of imide groups is 1. The fourth-order valence-corrected chi connectivity index (χ4v) is 5.95. The molecule has 0 unspecified atom stereocenters. The number of carbonyl (C=O) groups excluding carboxylic acids is 2. The van der Waals surface area contributed by atoms with Gasteiger partial charge in [0.2, 0.25) is 11.8 Å². The Bertz CT molecular complexity index is 1200. The molecule has 1 fully saturated rings. The molecule has 5 nitrogen and oxygen atoms in total. The standard InChI is InChI=1S/C25H16ClNO4/c26-18-10-9-12(11-17(18)25(30)31)27-23(28)21-19-13-5-1-2-6-14(13)20(22(21)24(27)29)16-8-4-3-7-15(16)19/h1-11,19-22H,(H,30,31)/t19?,20?,21-,22-/m1/s1. The number of amides is 2. The maximum Gasteiger partial charge on any atom is 0.337 e. The number of benzene rings is 3. The molecule has 0 saturated carbocycles. The summed E-state index contributed by atoms with van der Waals surface area (Å²) < 4.78 is 0. The molecule has 31 heavy (non-hydrogen) atoms. The van der Waals surface area contributed by atoms with Crippen LogP contribution in [-0.4, -0.2) is 22.9 Å². The van der Waals surface area contributed by atoms with Crippen LogP contribution in [0.15, 0.2) is 66.7 Å². The van der Waals surface area contributed by atoms with E-state index in [-0.39, 0.29) is 39.9 Å². The van der Waals surface area contributed by atoms with E-state index in [1.807, 2.05) is 48.5 Å². The third-order valence-electron chi connectivity index (χ3n) is 6.89. The van der Waals surface area contributed by atoms with E-state index in [4.69, 9.17) is 11.6 Å². The minimum Gasteiger partial charge on any atom is -0.478 e. The smallest absolute Gasteiger partial charge is 0.337 e. The average molecular weight is 430 g/mol. The molecule has 152 valence electrons. The number of carbonyl (C=O) groups is 3. The molecule has 6 heteroatoms. The number of aromatic carboxylic acids is 1. The second kappa shape index (κ2) is 6.28. The van der Waals surface area contributed by atoms with Gasteiger partial charge in [0.05, 0.1) is 28.1 Å². The molecule has 2 bridgehead atoms. The lowest BCUT2D eigenvalue weighted by atomic mass is 9.55. The molecule has 0 radical (unpaired) electrons. The molecule has 4 aliphatic rings. The predicted molar refractivity (Wildman–Crippen MR) is 114 cm³/mol. The zero-order valence-electron chi connectivity index (χ0n) is 16.2. The largest absolute Gasteiger partial charge is 0.478 e. The summed E-state index contributed by atoms with van der Waals surface area (Å²) in [5.41, 5.74) is 4.49. The van der Waals surface area contributed by atoms with E-state index in [0.717, 1.165) is 27.2 Å². The maximum atomic E-state index is 13.7. The van der Waals surface area contributed by atoms with Crippen LogP contribution in [0.4, 0.5) is 5.69 Å². The Balaban J connectivity index is 1.54. The zero-order valence-corrected chi connectivity index (χ0v) is 16.9. The molecule has 2 amide bonds. The number of halogens is 1. The minimum atomic E-state index is -1.21. The van der Waals surface area contributed by atoms with Crippen molar-refractivity contribution >= 4 is 35.1 Å². The van der Waals surface area contributed by atoms with Crippen LogP contribution >= 0.6 is 11.6 Å². The lowest BCUT2D eigenvalue weighted by Crippen LogP contribution is -2.41. The fraction of sp³-hybridized carbons (Fsp3) is 0.160. The summed E-state index contributed by atoms with van der Waals surface area (Å²) in [4.78, 5) is 40.0.